The van der Waals surface area contributed by atoms with Crippen molar-refractivity contribution in [2.24, 2.45) is 5.92 Å². The zero-order valence-corrected chi connectivity index (χ0v) is 10.6. The van der Waals surface area contributed by atoms with Crippen molar-refractivity contribution in [2.75, 3.05) is 19.6 Å². The van der Waals surface area contributed by atoms with Gasteiger partial charge in [0.05, 0.1) is 6.10 Å². The first-order valence-corrected chi connectivity index (χ1v) is 6.56. The molecule has 3 heteroatoms. The van der Waals surface area contributed by atoms with Gasteiger partial charge in [-0.15, -0.1) is 0 Å². The number of hydrogen-bond acceptors (Lipinski definition) is 3. The van der Waals surface area contributed by atoms with Gasteiger partial charge in [-0.1, -0.05) is 13.8 Å². The number of nitrogens with zero attached hydrogens (tertiary/aromatic N) is 1. The molecule has 0 aliphatic carbocycles. The molecule has 1 unspecified atom stereocenters. The SMILES string of the molecule is CCC(C)C(=O)CCCN1CCC(O)CC1. The van der Waals surface area contributed by atoms with Gasteiger partial charge in [0, 0.05) is 25.4 Å². The molecule has 0 spiro atoms. The summed E-state index contributed by atoms with van der Waals surface area (Å²) in [5.74, 6) is 0.628. The van der Waals surface area contributed by atoms with Gasteiger partial charge in [0.1, 0.15) is 5.78 Å². The highest BCUT2D eigenvalue weighted by molar-refractivity contribution is 5.80. The van der Waals surface area contributed by atoms with Crippen molar-refractivity contribution in [1.82, 2.24) is 4.90 Å². The van der Waals surface area contributed by atoms with E-state index >= 15 is 0 Å². The number of hydrogen-bond donors (Lipinski definition) is 1. The molecule has 0 bridgehead atoms. The van der Waals surface area contributed by atoms with Crippen LogP contribution in [0.1, 0.15) is 46.0 Å². The number of ketones is 1. The number of carbonyl (C=O) groups excluding carboxylic acids is 1. The fourth-order valence-corrected chi connectivity index (χ4v) is 2.09. The molecular formula is C13H25NO2. The largest absolute Gasteiger partial charge is 0.393 e. The number of carbonyl (C=O) groups is 1. The van der Waals surface area contributed by atoms with Crippen LogP contribution in [-0.2, 0) is 4.79 Å². The van der Waals surface area contributed by atoms with E-state index in [9.17, 15) is 9.90 Å². The average Bonchev–Trinajstić information content (AvgIpc) is 2.30. The molecule has 1 saturated heterocycles. The van der Waals surface area contributed by atoms with E-state index in [0.29, 0.717) is 12.2 Å². The summed E-state index contributed by atoms with van der Waals surface area (Å²) in [6.45, 7) is 7.06. The fraction of sp³-hybridized carbons (Fsp3) is 0.923. The van der Waals surface area contributed by atoms with E-state index in [4.69, 9.17) is 0 Å². The van der Waals surface area contributed by atoms with Gasteiger partial charge in [0.2, 0.25) is 0 Å². The topological polar surface area (TPSA) is 40.5 Å². The van der Waals surface area contributed by atoms with Crippen LogP contribution in [0.3, 0.4) is 0 Å². The third-order valence-corrected chi connectivity index (χ3v) is 3.62. The molecular weight excluding hydrogens is 202 g/mol. The molecule has 16 heavy (non-hydrogen) atoms. The maximum absolute atomic E-state index is 11.6. The van der Waals surface area contributed by atoms with Crippen molar-refractivity contribution < 1.29 is 9.90 Å². The Bertz CT molecular complexity index is 210. The molecule has 1 aliphatic rings. The molecule has 1 atom stereocenters. The summed E-state index contributed by atoms with van der Waals surface area (Å²) in [6, 6.07) is 0. The van der Waals surface area contributed by atoms with Gasteiger partial charge in [0.15, 0.2) is 0 Å². The average molecular weight is 227 g/mol. The number of aliphatic hydroxyl groups excluding tert-OH is 1. The highest BCUT2D eigenvalue weighted by Gasteiger charge is 2.17. The van der Waals surface area contributed by atoms with E-state index in [-0.39, 0.29) is 12.0 Å². The Balaban J connectivity index is 2.09. The molecule has 94 valence electrons. The lowest BCUT2D eigenvalue weighted by atomic mass is 9.99. The summed E-state index contributed by atoms with van der Waals surface area (Å²) >= 11 is 0. The zero-order chi connectivity index (χ0) is 12.0. The van der Waals surface area contributed by atoms with Crippen molar-refractivity contribution in [3.8, 4) is 0 Å². The van der Waals surface area contributed by atoms with Crippen molar-refractivity contribution in [1.29, 1.82) is 0 Å². The lowest BCUT2D eigenvalue weighted by molar-refractivity contribution is -0.122. The zero-order valence-electron chi connectivity index (χ0n) is 10.6. The summed E-state index contributed by atoms with van der Waals surface area (Å²) in [4.78, 5) is 14.0. The number of rotatable bonds is 6. The van der Waals surface area contributed by atoms with Crippen molar-refractivity contribution >= 4 is 5.78 Å². The van der Waals surface area contributed by atoms with Gasteiger partial charge >= 0.3 is 0 Å². The maximum atomic E-state index is 11.6. The molecule has 3 nitrogen and oxygen atoms in total. The molecule has 1 aliphatic heterocycles. The normalized spacial score (nSPS) is 20.9. The molecule has 1 rings (SSSR count). The third-order valence-electron chi connectivity index (χ3n) is 3.62. The summed E-state index contributed by atoms with van der Waals surface area (Å²) in [5, 5.41) is 9.36. The van der Waals surface area contributed by atoms with Crippen LogP contribution in [0.2, 0.25) is 0 Å². The molecule has 0 aromatic carbocycles. The Morgan fingerprint density at radius 3 is 2.62 bits per heavy atom. The minimum absolute atomic E-state index is 0.0991. The van der Waals surface area contributed by atoms with E-state index in [1.807, 2.05) is 6.92 Å². The van der Waals surface area contributed by atoms with E-state index < -0.39 is 0 Å². The molecule has 0 saturated carbocycles. The highest BCUT2D eigenvalue weighted by Crippen LogP contribution is 2.12. The van der Waals surface area contributed by atoms with E-state index in [1.54, 1.807) is 0 Å². The molecule has 1 fully saturated rings. The van der Waals surface area contributed by atoms with E-state index in [2.05, 4.69) is 11.8 Å². The molecule has 0 radical (unpaired) electrons. The maximum Gasteiger partial charge on any atom is 0.135 e. The van der Waals surface area contributed by atoms with Crippen LogP contribution in [0, 0.1) is 5.92 Å². The van der Waals surface area contributed by atoms with Crippen LogP contribution in [0.4, 0.5) is 0 Å². The quantitative estimate of drug-likeness (QED) is 0.752. The summed E-state index contributed by atoms with van der Waals surface area (Å²) in [7, 11) is 0. The highest BCUT2D eigenvalue weighted by atomic mass is 16.3. The number of Topliss-reactive ketones (excluding diaryl/α,β-unsaturated/α-hetero) is 1. The second kappa shape index (κ2) is 7.02. The first kappa shape index (κ1) is 13.7. The Hall–Kier alpha value is -0.410. The van der Waals surface area contributed by atoms with Gasteiger partial charge in [-0.2, -0.15) is 0 Å². The monoisotopic (exact) mass is 227 g/mol. The van der Waals surface area contributed by atoms with E-state index in [1.165, 1.54) is 0 Å². The van der Waals surface area contributed by atoms with Crippen LogP contribution >= 0.6 is 0 Å². The van der Waals surface area contributed by atoms with Crippen LogP contribution in [-0.4, -0.2) is 41.5 Å². The molecule has 0 amide bonds. The van der Waals surface area contributed by atoms with Gasteiger partial charge < -0.3 is 10.0 Å². The lowest BCUT2D eigenvalue weighted by Gasteiger charge is -2.29. The van der Waals surface area contributed by atoms with Gasteiger partial charge in [0.25, 0.3) is 0 Å². The number of piperidine rings is 1. The second-order valence-electron chi connectivity index (χ2n) is 4.95. The summed E-state index contributed by atoms with van der Waals surface area (Å²) < 4.78 is 0. The van der Waals surface area contributed by atoms with E-state index in [0.717, 1.165) is 45.3 Å². The standard InChI is InChI=1S/C13H25NO2/c1-3-11(2)13(16)5-4-8-14-9-6-12(15)7-10-14/h11-12,15H,3-10H2,1-2H3. The molecule has 1 N–H and O–H groups in total. The first-order valence-electron chi connectivity index (χ1n) is 6.56. The van der Waals surface area contributed by atoms with Crippen molar-refractivity contribution in [2.45, 2.75) is 52.1 Å². The molecule has 1 heterocycles. The third kappa shape index (κ3) is 4.62. The predicted octanol–water partition coefficient (Wildman–Crippen LogP) is 1.84. The Morgan fingerprint density at radius 2 is 2.06 bits per heavy atom. The van der Waals surface area contributed by atoms with Gasteiger partial charge in [-0.05, 0) is 32.2 Å². The first-order chi connectivity index (χ1) is 7.63. The van der Waals surface area contributed by atoms with Crippen LogP contribution in [0.15, 0.2) is 0 Å². The number of aliphatic hydroxyl groups is 1. The van der Waals surface area contributed by atoms with Crippen molar-refractivity contribution in [3.63, 3.8) is 0 Å². The second-order valence-corrected chi connectivity index (χ2v) is 4.95. The summed E-state index contributed by atoms with van der Waals surface area (Å²) in [6.07, 6.45) is 4.32. The van der Waals surface area contributed by atoms with Crippen molar-refractivity contribution in [3.05, 3.63) is 0 Å². The predicted molar refractivity (Wildman–Crippen MR) is 65.4 cm³/mol. The minimum atomic E-state index is -0.0991. The van der Waals surface area contributed by atoms with Crippen LogP contribution in [0.25, 0.3) is 0 Å². The Kier molecular flexibility index (Phi) is 5.99. The van der Waals surface area contributed by atoms with Crippen LogP contribution in [0.5, 0.6) is 0 Å². The Morgan fingerprint density at radius 1 is 1.44 bits per heavy atom. The fourth-order valence-electron chi connectivity index (χ4n) is 2.09. The Labute approximate surface area is 98.8 Å². The lowest BCUT2D eigenvalue weighted by Crippen LogP contribution is -2.36. The molecule has 0 aromatic heterocycles. The van der Waals surface area contributed by atoms with Gasteiger partial charge in [-0.3, -0.25) is 4.79 Å². The van der Waals surface area contributed by atoms with Gasteiger partial charge in [-0.25, -0.2) is 0 Å². The smallest absolute Gasteiger partial charge is 0.135 e. The molecule has 0 aromatic rings. The number of likely N-dealkylation sites (tertiary alicyclic amines) is 1. The minimum Gasteiger partial charge on any atom is -0.393 e. The van der Waals surface area contributed by atoms with Crippen LogP contribution < -0.4 is 0 Å². The summed E-state index contributed by atoms with van der Waals surface area (Å²) in [5.41, 5.74) is 0.